The van der Waals surface area contributed by atoms with Gasteiger partial charge >= 0.3 is 0 Å². The number of carbonyl (C=O) groups excluding carboxylic acids is 2. The van der Waals surface area contributed by atoms with Crippen molar-refractivity contribution in [1.29, 1.82) is 0 Å². The highest BCUT2D eigenvalue weighted by Crippen LogP contribution is 2.39. The molecule has 5 heteroatoms. The van der Waals surface area contributed by atoms with Crippen LogP contribution in [0.4, 0.5) is 0 Å². The predicted octanol–water partition coefficient (Wildman–Crippen LogP) is 5.38. The number of amides is 2. The van der Waals surface area contributed by atoms with Gasteiger partial charge in [0.05, 0.1) is 17.0 Å². The number of benzene rings is 2. The third-order valence-corrected chi connectivity index (χ3v) is 5.72. The van der Waals surface area contributed by atoms with Crippen molar-refractivity contribution in [2.45, 2.75) is 39.5 Å². The zero-order valence-corrected chi connectivity index (χ0v) is 17.4. The average Bonchev–Trinajstić information content (AvgIpc) is 2.81. The van der Waals surface area contributed by atoms with Gasteiger partial charge in [0.25, 0.3) is 11.8 Å². The lowest BCUT2D eigenvalue weighted by atomic mass is 9.99. The van der Waals surface area contributed by atoms with Gasteiger partial charge in [-0.1, -0.05) is 61.3 Å². The Morgan fingerprint density at radius 3 is 2.26 bits per heavy atom. The average molecular weight is 400 g/mol. The number of thioether (sulfide) groups is 1. The monoisotopic (exact) mass is 399 g/mol. The minimum atomic E-state index is -0.231. The normalized spacial score (nSPS) is 14.7. The number of halogens is 1. The van der Waals surface area contributed by atoms with Crippen molar-refractivity contribution >= 4 is 40.8 Å². The van der Waals surface area contributed by atoms with Crippen LogP contribution in [-0.4, -0.2) is 22.0 Å². The molecular formula is C22H22ClNO2S. The van der Waals surface area contributed by atoms with Crippen molar-refractivity contribution < 1.29 is 9.59 Å². The lowest BCUT2D eigenvalue weighted by Crippen LogP contribution is -2.31. The molecule has 1 aliphatic heterocycles. The molecular weight excluding hydrogens is 378 g/mol. The van der Waals surface area contributed by atoms with E-state index in [4.69, 9.17) is 11.6 Å². The van der Waals surface area contributed by atoms with Crippen molar-refractivity contribution in [3.8, 4) is 0 Å². The predicted molar refractivity (Wildman–Crippen MR) is 113 cm³/mol. The van der Waals surface area contributed by atoms with E-state index in [0.717, 1.165) is 22.3 Å². The van der Waals surface area contributed by atoms with Crippen LogP contribution in [0.5, 0.6) is 0 Å². The highest BCUT2D eigenvalue weighted by molar-refractivity contribution is 8.04. The standard InChI is InChI=1S/C22H22ClNO2S/c1-13(2)27-20-19(18-10-5-14(3)11-15(18)4)21(25)24(22(20)26)12-16-6-8-17(23)9-7-16/h5-11,13H,12H2,1-4H3. The summed E-state index contributed by atoms with van der Waals surface area (Å²) in [6, 6.07) is 13.2. The summed E-state index contributed by atoms with van der Waals surface area (Å²) in [5, 5.41) is 0.830. The van der Waals surface area contributed by atoms with E-state index in [9.17, 15) is 9.59 Å². The number of hydrogen-bond donors (Lipinski definition) is 0. The van der Waals surface area contributed by atoms with Gasteiger partial charge in [0.1, 0.15) is 0 Å². The highest BCUT2D eigenvalue weighted by atomic mass is 35.5. The summed E-state index contributed by atoms with van der Waals surface area (Å²) < 4.78 is 0. The highest BCUT2D eigenvalue weighted by Gasteiger charge is 2.39. The van der Waals surface area contributed by atoms with E-state index in [2.05, 4.69) is 0 Å². The van der Waals surface area contributed by atoms with Crippen LogP contribution >= 0.6 is 23.4 Å². The van der Waals surface area contributed by atoms with Gasteiger partial charge in [-0.15, -0.1) is 11.8 Å². The molecule has 0 saturated heterocycles. The molecule has 2 aromatic carbocycles. The molecule has 0 aromatic heterocycles. The molecule has 3 nitrogen and oxygen atoms in total. The smallest absolute Gasteiger partial charge is 0.268 e. The van der Waals surface area contributed by atoms with E-state index in [1.54, 1.807) is 12.1 Å². The van der Waals surface area contributed by atoms with Crippen molar-refractivity contribution in [1.82, 2.24) is 4.90 Å². The number of imide groups is 1. The van der Waals surface area contributed by atoms with Crippen LogP contribution in [0.25, 0.3) is 5.57 Å². The maximum atomic E-state index is 13.2. The summed E-state index contributed by atoms with van der Waals surface area (Å²) in [5.41, 5.74) is 4.36. The lowest BCUT2D eigenvalue weighted by molar-refractivity contribution is -0.137. The maximum Gasteiger partial charge on any atom is 0.268 e. The number of hydrogen-bond acceptors (Lipinski definition) is 3. The van der Waals surface area contributed by atoms with Crippen LogP contribution in [0.1, 0.15) is 36.1 Å². The molecule has 0 bridgehead atoms. The number of nitrogens with zero attached hydrogens (tertiary/aromatic N) is 1. The summed E-state index contributed by atoms with van der Waals surface area (Å²) in [5.74, 6) is -0.450. The number of rotatable bonds is 5. The summed E-state index contributed by atoms with van der Waals surface area (Å²) >= 11 is 7.39. The van der Waals surface area contributed by atoms with E-state index in [1.165, 1.54) is 16.7 Å². The summed E-state index contributed by atoms with van der Waals surface area (Å²) in [4.78, 5) is 28.2. The number of carbonyl (C=O) groups is 2. The van der Waals surface area contributed by atoms with E-state index in [-0.39, 0.29) is 23.6 Å². The van der Waals surface area contributed by atoms with Crippen LogP contribution in [0.15, 0.2) is 47.4 Å². The van der Waals surface area contributed by atoms with E-state index in [0.29, 0.717) is 15.5 Å². The van der Waals surface area contributed by atoms with Crippen molar-refractivity contribution in [3.63, 3.8) is 0 Å². The first-order valence-corrected chi connectivity index (χ1v) is 10.1. The second-order valence-electron chi connectivity index (χ2n) is 7.01. The minimum Gasteiger partial charge on any atom is -0.269 e. The van der Waals surface area contributed by atoms with Gasteiger partial charge in [-0.25, -0.2) is 0 Å². The van der Waals surface area contributed by atoms with Gasteiger partial charge in [0, 0.05) is 10.3 Å². The summed E-state index contributed by atoms with van der Waals surface area (Å²) in [7, 11) is 0. The Morgan fingerprint density at radius 2 is 1.67 bits per heavy atom. The SMILES string of the molecule is Cc1ccc(C2=C(SC(C)C)C(=O)N(Cc3ccc(Cl)cc3)C2=O)c(C)c1. The molecule has 0 spiro atoms. The topological polar surface area (TPSA) is 37.4 Å². The second kappa shape index (κ2) is 7.91. The van der Waals surface area contributed by atoms with E-state index < -0.39 is 0 Å². The minimum absolute atomic E-state index is 0.202. The Kier molecular flexibility index (Phi) is 5.78. The van der Waals surface area contributed by atoms with E-state index in [1.807, 2.05) is 58.0 Å². The first-order chi connectivity index (χ1) is 12.8. The van der Waals surface area contributed by atoms with Crippen molar-refractivity contribution in [3.05, 3.63) is 74.6 Å². The molecule has 0 fully saturated rings. The molecule has 2 aromatic rings. The van der Waals surface area contributed by atoms with E-state index >= 15 is 0 Å². The molecule has 0 aliphatic carbocycles. The molecule has 27 heavy (non-hydrogen) atoms. The zero-order chi connectivity index (χ0) is 19.7. The molecule has 0 N–H and O–H groups in total. The maximum absolute atomic E-state index is 13.2. The fourth-order valence-corrected chi connectivity index (χ4v) is 4.27. The first kappa shape index (κ1) is 19.7. The molecule has 0 unspecified atom stereocenters. The first-order valence-electron chi connectivity index (χ1n) is 8.87. The summed E-state index contributed by atoms with van der Waals surface area (Å²) in [6.45, 7) is 8.29. The molecule has 3 rings (SSSR count). The van der Waals surface area contributed by atoms with Gasteiger partial charge in [-0.05, 0) is 42.7 Å². The Bertz CT molecular complexity index is 932. The quantitative estimate of drug-likeness (QED) is 0.633. The molecule has 1 aliphatic rings. The molecule has 0 saturated carbocycles. The molecule has 1 heterocycles. The lowest BCUT2D eigenvalue weighted by Gasteiger charge is -2.16. The largest absolute Gasteiger partial charge is 0.269 e. The molecule has 0 atom stereocenters. The van der Waals surface area contributed by atoms with Crippen molar-refractivity contribution in [2.75, 3.05) is 0 Å². The zero-order valence-electron chi connectivity index (χ0n) is 15.9. The molecule has 2 amide bonds. The Morgan fingerprint density at radius 1 is 1.00 bits per heavy atom. The molecule has 140 valence electrons. The third-order valence-electron chi connectivity index (χ3n) is 4.38. The van der Waals surface area contributed by atoms with Crippen LogP contribution in [-0.2, 0) is 16.1 Å². The van der Waals surface area contributed by atoms with Gasteiger partial charge in [0.15, 0.2) is 0 Å². The summed E-state index contributed by atoms with van der Waals surface area (Å²) in [6.07, 6.45) is 0. The van der Waals surface area contributed by atoms with Crippen LogP contribution in [0, 0.1) is 13.8 Å². The van der Waals surface area contributed by atoms with Crippen molar-refractivity contribution in [2.24, 2.45) is 0 Å². The van der Waals surface area contributed by atoms with Crippen LogP contribution in [0.2, 0.25) is 5.02 Å². The fraction of sp³-hybridized carbons (Fsp3) is 0.273. The molecule has 0 radical (unpaired) electrons. The van der Waals surface area contributed by atoms with Gasteiger partial charge in [-0.3, -0.25) is 14.5 Å². The van der Waals surface area contributed by atoms with Gasteiger partial charge in [-0.2, -0.15) is 0 Å². The fourth-order valence-electron chi connectivity index (χ4n) is 3.15. The third kappa shape index (κ3) is 4.12. The van der Waals surface area contributed by atoms with Gasteiger partial charge < -0.3 is 0 Å². The Labute approximate surface area is 169 Å². The van der Waals surface area contributed by atoms with Crippen LogP contribution < -0.4 is 0 Å². The number of aryl methyl sites for hydroxylation is 2. The Balaban J connectivity index is 2.02. The second-order valence-corrected chi connectivity index (χ2v) is 9.04. The van der Waals surface area contributed by atoms with Crippen LogP contribution in [0.3, 0.4) is 0 Å². The van der Waals surface area contributed by atoms with Gasteiger partial charge in [0.2, 0.25) is 0 Å². The Hall–Kier alpha value is -2.04.